The zero-order valence-corrected chi connectivity index (χ0v) is 10.6. The Morgan fingerprint density at radius 1 is 1.39 bits per heavy atom. The molecular weight excluding hydrogens is 226 g/mol. The zero-order chi connectivity index (χ0) is 12.5. The number of nitrogens with zero attached hydrogens (tertiary/aromatic N) is 1. The fourth-order valence-electron chi connectivity index (χ4n) is 2.85. The molecule has 0 spiro atoms. The third-order valence-electron chi connectivity index (χ3n) is 3.86. The highest BCUT2D eigenvalue weighted by atomic mass is 16.2. The molecule has 1 aromatic rings. The summed E-state index contributed by atoms with van der Waals surface area (Å²) in [6.45, 7) is 4.81. The summed E-state index contributed by atoms with van der Waals surface area (Å²) in [5.41, 5.74) is 2.44. The van der Waals surface area contributed by atoms with Gasteiger partial charge in [-0.2, -0.15) is 0 Å². The van der Waals surface area contributed by atoms with E-state index in [0.717, 1.165) is 26.1 Å². The maximum absolute atomic E-state index is 12.0. The lowest BCUT2D eigenvalue weighted by Gasteiger charge is -2.21. The highest BCUT2D eigenvalue weighted by Gasteiger charge is 2.35. The maximum Gasteiger partial charge on any atom is 0.318 e. The van der Waals surface area contributed by atoms with Crippen LogP contribution in [0.4, 0.5) is 4.79 Å². The Kier molecular flexibility index (Phi) is 2.96. The second kappa shape index (κ2) is 4.61. The van der Waals surface area contributed by atoms with Crippen molar-refractivity contribution in [3.63, 3.8) is 0 Å². The van der Waals surface area contributed by atoms with Crippen molar-refractivity contribution in [3.05, 3.63) is 35.4 Å². The van der Waals surface area contributed by atoms with Crippen LogP contribution in [0.25, 0.3) is 0 Å². The standard InChI is InChI=1S/C14H19N3O/c1-10-3-2-4-11(7-10)13-9-17(14(18)16-13)12-5-6-15-8-12/h2-4,7,12-13,15H,5-6,8-9H2,1H3,(H,16,18). The predicted molar refractivity (Wildman–Crippen MR) is 70.4 cm³/mol. The normalized spacial score (nSPS) is 27.6. The molecule has 4 heteroatoms. The number of benzene rings is 1. The Morgan fingerprint density at radius 3 is 3.00 bits per heavy atom. The van der Waals surface area contributed by atoms with E-state index in [9.17, 15) is 4.79 Å². The number of aryl methyl sites for hydroxylation is 1. The molecule has 2 N–H and O–H groups in total. The highest BCUT2D eigenvalue weighted by Crippen LogP contribution is 2.24. The molecular formula is C14H19N3O. The van der Waals surface area contributed by atoms with Crippen molar-refractivity contribution in [1.82, 2.24) is 15.5 Å². The topological polar surface area (TPSA) is 44.4 Å². The van der Waals surface area contributed by atoms with Crippen molar-refractivity contribution in [2.24, 2.45) is 0 Å². The smallest absolute Gasteiger partial charge is 0.318 e. The van der Waals surface area contributed by atoms with Crippen molar-refractivity contribution >= 4 is 6.03 Å². The van der Waals surface area contributed by atoms with E-state index < -0.39 is 0 Å². The van der Waals surface area contributed by atoms with Crippen LogP contribution >= 0.6 is 0 Å². The van der Waals surface area contributed by atoms with Gasteiger partial charge in [-0.15, -0.1) is 0 Å². The van der Waals surface area contributed by atoms with Gasteiger partial charge in [0.15, 0.2) is 0 Å². The summed E-state index contributed by atoms with van der Waals surface area (Å²) >= 11 is 0. The number of hydrogen-bond acceptors (Lipinski definition) is 2. The van der Waals surface area contributed by atoms with Gasteiger partial charge in [0.1, 0.15) is 0 Å². The van der Waals surface area contributed by atoms with Crippen LogP contribution in [-0.2, 0) is 0 Å². The average molecular weight is 245 g/mol. The van der Waals surface area contributed by atoms with Gasteiger partial charge in [0.2, 0.25) is 0 Å². The van der Waals surface area contributed by atoms with E-state index in [4.69, 9.17) is 0 Å². The van der Waals surface area contributed by atoms with E-state index in [2.05, 4.69) is 41.8 Å². The molecule has 2 unspecified atom stereocenters. The molecule has 0 bridgehead atoms. The van der Waals surface area contributed by atoms with Crippen molar-refractivity contribution in [3.8, 4) is 0 Å². The van der Waals surface area contributed by atoms with Crippen molar-refractivity contribution in [1.29, 1.82) is 0 Å². The van der Waals surface area contributed by atoms with Crippen LogP contribution in [0, 0.1) is 6.92 Å². The van der Waals surface area contributed by atoms with Gasteiger partial charge in [-0.3, -0.25) is 0 Å². The van der Waals surface area contributed by atoms with Crippen LogP contribution in [0.15, 0.2) is 24.3 Å². The number of nitrogens with one attached hydrogen (secondary N) is 2. The molecule has 4 nitrogen and oxygen atoms in total. The fourth-order valence-corrected chi connectivity index (χ4v) is 2.85. The predicted octanol–water partition coefficient (Wildman–Crippen LogP) is 1.42. The van der Waals surface area contributed by atoms with Gasteiger partial charge < -0.3 is 15.5 Å². The summed E-state index contributed by atoms with van der Waals surface area (Å²) in [6.07, 6.45) is 1.06. The summed E-state index contributed by atoms with van der Waals surface area (Å²) in [4.78, 5) is 14.0. The molecule has 96 valence electrons. The monoisotopic (exact) mass is 245 g/mol. The van der Waals surface area contributed by atoms with Crippen molar-refractivity contribution < 1.29 is 4.79 Å². The molecule has 0 aliphatic carbocycles. The molecule has 1 aromatic carbocycles. The van der Waals surface area contributed by atoms with E-state index in [-0.39, 0.29) is 12.1 Å². The Labute approximate surface area is 107 Å². The minimum Gasteiger partial charge on any atom is -0.329 e. The second-order valence-corrected chi connectivity index (χ2v) is 5.22. The van der Waals surface area contributed by atoms with Crippen LogP contribution in [0.2, 0.25) is 0 Å². The molecule has 18 heavy (non-hydrogen) atoms. The summed E-state index contributed by atoms with van der Waals surface area (Å²) in [7, 11) is 0. The first kappa shape index (κ1) is 11.5. The highest BCUT2D eigenvalue weighted by molar-refractivity contribution is 5.77. The van der Waals surface area contributed by atoms with E-state index in [1.807, 2.05) is 4.90 Å². The van der Waals surface area contributed by atoms with Gasteiger partial charge in [0.25, 0.3) is 0 Å². The van der Waals surface area contributed by atoms with E-state index >= 15 is 0 Å². The lowest BCUT2D eigenvalue weighted by atomic mass is 10.0. The van der Waals surface area contributed by atoms with Gasteiger partial charge in [-0.1, -0.05) is 29.8 Å². The number of urea groups is 1. The Hall–Kier alpha value is -1.55. The Bertz CT molecular complexity index is 454. The van der Waals surface area contributed by atoms with Crippen LogP contribution in [0.1, 0.15) is 23.6 Å². The summed E-state index contributed by atoms with van der Waals surface area (Å²) in [5.74, 6) is 0. The maximum atomic E-state index is 12.0. The van der Waals surface area contributed by atoms with Gasteiger partial charge >= 0.3 is 6.03 Å². The third-order valence-corrected chi connectivity index (χ3v) is 3.86. The first-order valence-electron chi connectivity index (χ1n) is 6.58. The molecule has 0 aromatic heterocycles. The molecule has 3 rings (SSSR count). The van der Waals surface area contributed by atoms with E-state index in [0.29, 0.717) is 6.04 Å². The number of rotatable bonds is 2. The summed E-state index contributed by atoms with van der Waals surface area (Å²) in [6, 6.07) is 8.96. The lowest BCUT2D eigenvalue weighted by Crippen LogP contribution is -2.39. The fraction of sp³-hybridized carbons (Fsp3) is 0.500. The van der Waals surface area contributed by atoms with E-state index in [1.165, 1.54) is 11.1 Å². The molecule has 2 atom stereocenters. The van der Waals surface area contributed by atoms with Crippen LogP contribution in [-0.4, -0.2) is 36.6 Å². The minimum atomic E-state index is 0.0789. The van der Waals surface area contributed by atoms with Gasteiger partial charge in [0, 0.05) is 19.1 Å². The van der Waals surface area contributed by atoms with Crippen LogP contribution in [0.3, 0.4) is 0 Å². The lowest BCUT2D eigenvalue weighted by molar-refractivity contribution is 0.201. The average Bonchev–Trinajstić information content (AvgIpc) is 2.97. The van der Waals surface area contributed by atoms with Crippen LogP contribution in [0.5, 0.6) is 0 Å². The first-order chi connectivity index (χ1) is 8.74. The summed E-state index contributed by atoms with van der Waals surface area (Å²) < 4.78 is 0. The quantitative estimate of drug-likeness (QED) is 0.827. The molecule has 2 saturated heterocycles. The van der Waals surface area contributed by atoms with Gasteiger partial charge in [-0.05, 0) is 25.5 Å². The Balaban J connectivity index is 1.75. The molecule has 2 amide bonds. The first-order valence-corrected chi connectivity index (χ1v) is 6.58. The summed E-state index contributed by atoms with van der Waals surface area (Å²) in [5, 5.41) is 6.40. The minimum absolute atomic E-state index is 0.0789. The number of amides is 2. The van der Waals surface area contributed by atoms with E-state index in [1.54, 1.807) is 0 Å². The van der Waals surface area contributed by atoms with Crippen molar-refractivity contribution in [2.75, 3.05) is 19.6 Å². The Morgan fingerprint density at radius 2 is 2.28 bits per heavy atom. The second-order valence-electron chi connectivity index (χ2n) is 5.22. The van der Waals surface area contributed by atoms with Gasteiger partial charge in [-0.25, -0.2) is 4.79 Å². The molecule has 2 fully saturated rings. The third kappa shape index (κ3) is 2.08. The number of carbonyl (C=O) groups excluding carboxylic acids is 1. The van der Waals surface area contributed by atoms with Gasteiger partial charge in [0.05, 0.1) is 6.04 Å². The largest absolute Gasteiger partial charge is 0.329 e. The zero-order valence-electron chi connectivity index (χ0n) is 10.6. The molecule has 2 aliphatic rings. The number of carbonyl (C=O) groups is 1. The van der Waals surface area contributed by atoms with Crippen molar-refractivity contribution in [2.45, 2.75) is 25.4 Å². The SMILES string of the molecule is Cc1cccc(C2CN(C3CCNC3)C(=O)N2)c1. The number of hydrogen-bond donors (Lipinski definition) is 2. The van der Waals surface area contributed by atoms with Crippen LogP contribution < -0.4 is 10.6 Å². The molecule has 0 saturated carbocycles. The molecule has 2 heterocycles. The molecule has 2 aliphatic heterocycles. The molecule has 0 radical (unpaired) electrons.